The predicted molar refractivity (Wildman–Crippen MR) is 167 cm³/mol. The van der Waals surface area contributed by atoms with E-state index in [2.05, 4.69) is 57.8 Å². The van der Waals surface area contributed by atoms with Crippen molar-refractivity contribution in [2.24, 2.45) is 10.7 Å². The Bertz CT molecular complexity index is 1490. The van der Waals surface area contributed by atoms with Crippen molar-refractivity contribution in [3.63, 3.8) is 0 Å². The number of allylic oxidation sites excluding steroid dienone is 1. The third kappa shape index (κ3) is 7.15. The van der Waals surface area contributed by atoms with Gasteiger partial charge in [-0.3, -0.25) is 19.5 Å². The SMILES string of the molecule is CCCc1cc(C)[nH]c(=O)c1CNC(=O)c1cc(C(C=NCCN2CCOCC2)=CN)cc2c1c(C)cn2C(C)C. The summed E-state index contributed by atoms with van der Waals surface area (Å²) in [5.74, 6) is -0.232. The molecule has 1 saturated heterocycles. The number of ether oxygens (including phenoxy) is 1. The highest BCUT2D eigenvalue weighted by Crippen LogP contribution is 2.31. The van der Waals surface area contributed by atoms with Crippen LogP contribution in [0.3, 0.4) is 0 Å². The van der Waals surface area contributed by atoms with Gasteiger partial charge in [-0.1, -0.05) is 13.3 Å². The van der Waals surface area contributed by atoms with Gasteiger partial charge >= 0.3 is 0 Å². The van der Waals surface area contributed by atoms with Crippen molar-refractivity contribution in [1.82, 2.24) is 19.8 Å². The van der Waals surface area contributed by atoms with E-state index in [1.165, 1.54) is 0 Å². The second-order valence-electron chi connectivity index (χ2n) is 11.1. The fourth-order valence-corrected chi connectivity index (χ4v) is 5.50. The number of H-pyrrole nitrogens is 1. The van der Waals surface area contributed by atoms with E-state index >= 15 is 0 Å². The van der Waals surface area contributed by atoms with Crippen LogP contribution in [0.15, 0.2) is 40.4 Å². The zero-order valence-electron chi connectivity index (χ0n) is 25.0. The van der Waals surface area contributed by atoms with Crippen molar-refractivity contribution in [3.8, 4) is 0 Å². The van der Waals surface area contributed by atoms with E-state index in [0.717, 1.165) is 84.5 Å². The van der Waals surface area contributed by atoms with Gasteiger partial charge in [-0.05, 0) is 69.0 Å². The van der Waals surface area contributed by atoms with Crippen molar-refractivity contribution in [1.29, 1.82) is 0 Å². The second-order valence-corrected chi connectivity index (χ2v) is 11.1. The minimum atomic E-state index is -0.232. The number of aromatic amines is 1. The first-order chi connectivity index (χ1) is 19.7. The van der Waals surface area contributed by atoms with Crippen LogP contribution in [0.4, 0.5) is 0 Å². The molecule has 9 nitrogen and oxygen atoms in total. The number of morpholine rings is 1. The average molecular weight is 561 g/mol. The number of hydrogen-bond donors (Lipinski definition) is 3. The number of carbonyl (C=O) groups excluding carboxylic acids is 1. The van der Waals surface area contributed by atoms with Crippen molar-refractivity contribution in [3.05, 3.63) is 74.5 Å². The van der Waals surface area contributed by atoms with Crippen molar-refractivity contribution in [2.75, 3.05) is 39.4 Å². The molecule has 0 spiro atoms. The lowest BCUT2D eigenvalue weighted by Gasteiger charge is -2.25. The topological polar surface area (TPSA) is 118 Å². The Labute approximate surface area is 242 Å². The molecular weight excluding hydrogens is 516 g/mol. The van der Waals surface area contributed by atoms with Crippen molar-refractivity contribution < 1.29 is 9.53 Å². The van der Waals surface area contributed by atoms with E-state index < -0.39 is 0 Å². The molecule has 0 saturated carbocycles. The summed E-state index contributed by atoms with van der Waals surface area (Å²) < 4.78 is 7.60. The number of pyridine rings is 1. The van der Waals surface area contributed by atoms with Gasteiger partial charge in [0.15, 0.2) is 0 Å². The lowest BCUT2D eigenvalue weighted by molar-refractivity contribution is 0.0395. The summed E-state index contributed by atoms with van der Waals surface area (Å²) in [6.07, 6.45) is 7.11. The molecule has 0 atom stereocenters. The van der Waals surface area contributed by atoms with Crippen LogP contribution in [0.2, 0.25) is 0 Å². The molecule has 9 heteroatoms. The Morgan fingerprint density at radius 2 is 1.98 bits per heavy atom. The molecule has 2 aromatic heterocycles. The predicted octanol–water partition coefficient (Wildman–Crippen LogP) is 4.11. The van der Waals surface area contributed by atoms with Crippen LogP contribution in [0.25, 0.3) is 16.5 Å². The molecule has 1 amide bonds. The monoisotopic (exact) mass is 560 g/mol. The molecule has 1 aliphatic rings. The van der Waals surface area contributed by atoms with E-state index in [4.69, 9.17) is 10.5 Å². The lowest BCUT2D eigenvalue weighted by Crippen LogP contribution is -2.37. The number of aliphatic imine (C=N–C) groups is 1. The summed E-state index contributed by atoms with van der Waals surface area (Å²) in [5, 5.41) is 3.93. The van der Waals surface area contributed by atoms with Crippen molar-refractivity contribution in [2.45, 2.75) is 60.0 Å². The fraction of sp³-hybridized carbons (Fsp3) is 0.469. The van der Waals surface area contributed by atoms with Crippen LogP contribution in [0.5, 0.6) is 0 Å². The van der Waals surface area contributed by atoms with Gasteiger partial charge in [0.1, 0.15) is 0 Å². The number of benzene rings is 1. The van der Waals surface area contributed by atoms with Crippen LogP contribution in [-0.2, 0) is 17.7 Å². The molecule has 3 aromatic rings. The molecule has 0 aliphatic carbocycles. The highest BCUT2D eigenvalue weighted by atomic mass is 16.5. The molecule has 220 valence electrons. The number of amides is 1. The summed E-state index contributed by atoms with van der Waals surface area (Å²) >= 11 is 0. The summed E-state index contributed by atoms with van der Waals surface area (Å²) in [6, 6.07) is 6.16. The van der Waals surface area contributed by atoms with Gasteiger partial charge in [0.05, 0.1) is 19.8 Å². The number of nitrogens with two attached hydrogens (primary N) is 1. The van der Waals surface area contributed by atoms with Crippen LogP contribution in [0, 0.1) is 13.8 Å². The number of hydrogen-bond acceptors (Lipinski definition) is 6. The van der Waals surface area contributed by atoms with Crippen LogP contribution in [-0.4, -0.2) is 66.0 Å². The molecule has 0 unspecified atom stereocenters. The van der Waals surface area contributed by atoms with E-state index in [0.29, 0.717) is 17.7 Å². The highest BCUT2D eigenvalue weighted by molar-refractivity contribution is 6.14. The first-order valence-corrected chi connectivity index (χ1v) is 14.6. The molecule has 1 aliphatic heterocycles. The van der Waals surface area contributed by atoms with Crippen LogP contribution in [0.1, 0.15) is 71.5 Å². The maximum absolute atomic E-state index is 13.8. The second kappa shape index (κ2) is 13.8. The number of aryl methyl sites for hydroxylation is 3. The summed E-state index contributed by atoms with van der Waals surface area (Å²) in [6.45, 7) is 15.3. The Morgan fingerprint density at radius 3 is 2.66 bits per heavy atom. The van der Waals surface area contributed by atoms with E-state index in [1.54, 1.807) is 12.4 Å². The highest BCUT2D eigenvalue weighted by Gasteiger charge is 2.20. The van der Waals surface area contributed by atoms with E-state index in [9.17, 15) is 9.59 Å². The zero-order valence-corrected chi connectivity index (χ0v) is 25.0. The summed E-state index contributed by atoms with van der Waals surface area (Å²) in [5.41, 5.74) is 12.4. The molecule has 4 rings (SSSR count). The maximum Gasteiger partial charge on any atom is 0.253 e. The Kier molecular flexibility index (Phi) is 10.2. The van der Waals surface area contributed by atoms with Gasteiger partial charge in [-0.25, -0.2) is 0 Å². The lowest BCUT2D eigenvalue weighted by atomic mass is 9.98. The standard InChI is InChI=1S/C32H44N6O3/c1-6-7-24-14-23(5)36-32(40)28(24)19-35-31(39)27-15-25(16-29-30(27)22(4)20-38(29)21(2)3)26(17-33)18-34-8-9-37-10-12-41-13-11-37/h14-18,20-21H,6-13,19,33H2,1-5H3,(H,35,39)(H,36,40). The molecular formula is C32H44N6O3. The van der Waals surface area contributed by atoms with E-state index in [1.807, 2.05) is 26.0 Å². The number of aromatic nitrogens is 2. The van der Waals surface area contributed by atoms with Gasteiger partial charge in [0, 0.05) is 84.1 Å². The number of carbonyl (C=O) groups is 1. The molecule has 0 bridgehead atoms. The maximum atomic E-state index is 13.8. The third-order valence-electron chi connectivity index (χ3n) is 7.62. The van der Waals surface area contributed by atoms with Gasteiger partial charge in [0.25, 0.3) is 11.5 Å². The number of nitrogens with one attached hydrogen (secondary N) is 2. The Morgan fingerprint density at radius 1 is 1.22 bits per heavy atom. The Balaban J connectivity index is 1.65. The fourth-order valence-electron chi connectivity index (χ4n) is 5.50. The number of fused-ring (bicyclic) bond motifs is 1. The average Bonchev–Trinajstić information content (AvgIpc) is 3.29. The normalized spacial score (nSPS) is 14.9. The van der Waals surface area contributed by atoms with Gasteiger partial charge in [0.2, 0.25) is 0 Å². The molecule has 41 heavy (non-hydrogen) atoms. The third-order valence-corrected chi connectivity index (χ3v) is 7.62. The summed E-state index contributed by atoms with van der Waals surface area (Å²) in [7, 11) is 0. The van der Waals surface area contributed by atoms with Crippen LogP contribution >= 0.6 is 0 Å². The van der Waals surface area contributed by atoms with Crippen LogP contribution < -0.4 is 16.6 Å². The first kappa shape index (κ1) is 30.3. The van der Waals surface area contributed by atoms with Gasteiger partial charge in [-0.15, -0.1) is 0 Å². The summed E-state index contributed by atoms with van der Waals surface area (Å²) in [4.78, 5) is 36.4. The minimum absolute atomic E-state index is 0.155. The minimum Gasteiger partial charge on any atom is -0.404 e. The van der Waals surface area contributed by atoms with E-state index in [-0.39, 0.29) is 24.1 Å². The largest absolute Gasteiger partial charge is 0.404 e. The molecule has 1 aromatic carbocycles. The smallest absolute Gasteiger partial charge is 0.253 e. The Hall–Kier alpha value is -3.69. The zero-order chi connectivity index (χ0) is 29.5. The number of nitrogens with zero attached hydrogens (tertiary/aromatic N) is 3. The molecule has 1 fully saturated rings. The van der Waals surface area contributed by atoms with Gasteiger partial charge in [-0.2, -0.15) is 0 Å². The molecule has 0 radical (unpaired) electrons. The first-order valence-electron chi connectivity index (χ1n) is 14.6. The molecule has 4 N–H and O–H groups in total. The van der Waals surface area contributed by atoms with Crippen molar-refractivity contribution >= 4 is 28.6 Å². The number of rotatable bonds is 11. The van der Waals surface area contributed by atoms with Gasteiger partial charge < -0.3 is 25.3 Å². The molecule has 3 heterocycles. The quantitative estimate of drug-likeness (QED) is 0.305.